The van der Waals surface area contributed by atoms with Crippen molar-refractivity contribution in [2.45, 2.75) is 18.9 Å². The summed E-state index contributed by atoms with van der Waals surface area (Å²) in [6.45, 7) is 1.44. The standard InChI is InChI=1S/C17H16ClFN2O3/c18-16-11-13(21(22)23)4-5-17(16)20-8-6-14(7-9-20)24-15-3-1-2-12(19)10-15/h1-5,10-11,14H,6-9H2. The van der Waals surface area contributed by atoms with Crippen molar-refractivity contribution in [1.82, 2.24) is 0 Å². The molecular weight excluding hydrogens is 335 g/mol. The van der Waals surface area contributed by atoms with Crippen molar-refractivity contribution in [3.63, 3.8) is 0 Å². The van der Waals surface area contributed by atoms with Gasteiger partial charge in [-0.05, 0) is 18.2 Å². The normalized spacial score (nSPS) is 15.3. The molecule has 1 heterocycles. The Morgan fingerprint density at radius 2 is 1.96 bits per heavy atom. The van der Waals surface area contributed by atoms with Crippen molar-refractivity contribution >= 4 is 23.0 Å². The van der Waals surface area contributed by atoms with Gasteiger partial charge in [0.15, 0.2) is 0 Å². The number of benzene rings is 2. The van der Waals surface area contributed by atoms with Crippen LogP contribution in [0.4, 0.5) is 15.8 Å². The Balaban J connectivity index is 1.62. The van der Waals surface area contributed by atoms with E-state index in [0.717, 1.165) is 31.6 Å². The average molecular weight is 351 g/mol. The molecule has 1 fully saturated rings. The van der Waals surface area contributed by atoms with E-state index < -0.39 is 4.92 Å². The Kier molecular flexibility index (Phi) is 4.85. The van der Waals surface area contributed by atoms with Gasteiger partial charge < -0.3 is 9.64 Å². The van der Waals surface area contributed by atoms with Crippen LogP contribution < -0.4 is 9.64 Å². The van der Waals surface area contributed by atoms with Gasteiger partial charge in [0, 0.05) is 44.1 Å². The lowest BCUT2D eigenvalue weighted by Gasteiger charge is -2.34. The van der Waals surface area contributed by atoms with Crippen LogP contribution in [0.2, 0.25) is 5.02 Å². The predicted molar refractivity (Wildman–Crippen MR) is 90.4 cm³/mol. The molecule has 5 nitrogen and oxygen atoms in total. The van der Waals surface area contributed by atoms with E-state index in [1.165, 1.54) is 24.3 Å². The molecule has 0 atom stereocenters. The molecule has 0 saturated carbocycles. The molecule has 2 aromatic carbocycles. The Bertz CT molecular complexity index is 748. The van der Waals surface area contributed by atoms with Crippen molar-refractivity contribution in [3.8, 4) is 5.75 Å². The predicted octanol–water partition coefficient (Wildman–Crippen LogP) is 4.44. The van der Waals surface area contributed by atoms with Crippen molar-refractivity contribution in [2.24, 2.45) is 0 Å². The third kappa shape index (κ3) is 3.76. The van der Waals surface area contributed by atoms with Crippen LogP contribution in [-0.2, 0) is 0 Å². The zero-order chi connectivity index (χ0) is 17.1. The largest absolute Gasteiger partial charge is 0.490 e. The van der Waals surface area contributed by atoms with E-state index in [1.54, 1.807) is 18.2 Å². The fraction of sp³-hybridized carbons (Fsp3) is 0.294. The number of nitro groups is 1. The molecule has 0 radical (unpaired) electrons. The highest BCUT2D eigenvalue weighted by atomic mass is 35.5. The molecule has 0 bridgehead atoms. The SMILES string of the molecule is O=[N+]([O-])c1ccc(N2CCC(Oc3cccc(F)c3)CC2)c(Cl)c1. The van der Waals surface area contributed by atoms with Gasteiger partial charge in [-0.15, -0.1) is 0 Å². The first-order valence-corrected chi connectivity index (χ1v) is 8.02. The topological polar surface area (TPSA) is 55.6 Å². The number of hydrogen-bond donors (Lipinski definition) is 0. The molecule has 0 aromatic heterocycles. The van der Waals surface area contributed by atoms with Crippen molar-refractivity contribution in [2.75, 3.05) is 18.0 Å². The maximum absolute atomic E-state index is 13.2. The summed E-state index contributed by atoms with van der Waals surface area (Å²) in [5, 5.41) is 11.1. The molecular formula is C17H16ClFN2O3. The van der Waals surface area contributed by atoms with E-state index in [0.29, 0.717) is 10.8 Å². The molecule has 0 N–H and O–H groups in total. The van der Waals surface area contributed by atoms with Gasteiger partial charge >= 0.3 is 0 Å². The van der Waals surface area contributed by atoms with Crippen LogP contribution >= 0.6 is 11.6 Å². The van der Waals surface area contributed by atoms with Gasteiger partial charge in [-0.25, -0.2) is 4.39 Å². The minimum atomic E-state index is -0.464. The van der Waals surface area contributed by atoms with E-state index in [2.05, 4.69) is 4.90 Å². The molecule has 126 valence electrons. The van der Waals surface area contributed by atoms with E-state index >= 15 is 0 Å². The van der Waals surface area contributed by atoms with Crippen molar-refractivity contribution < 1.29 is 14.1 Å². The third-order valence-corrected chi connectivity index (χ3v) is 4.33. The average Bonchev–Trinajstić information content (AvgIpc) is 2.55. The summed E-state index contributed by atoms with van der Waals surface area (Å²) in [5.41, 5.74) is 0.763. The van der Waals surface area contributed by atoms with Gasteiger partial charge in [0.1, 0.15) is 17.7 Å². The summed E-state index contributed by atoms with van der Waals surface area (Å²) in [4.78, 5) is 12.4. The van der Waals surface area contributed by atoms with E-state index in [4.69, 9.17) is 16.3 Å². The fourth-order valence-corrected chi connectivity index (χ4v) is 3.11. The van der Waals surface area contributed by atoms with Crippen LogP contribution in [0.5, 0.6) is 5.75 Å². The molecule has 0 unspecified atom stereocenters. The monoisotopic (exact) mass is 350 g/mol. The first-order valence-electron chi connectivity index (χ1n) is 7.64. The molecule has 0 aliphatic carbocycles. The Hall–Kier alpha value is -2.34. The Labute approximate surface area is 143 Å². The van der Waals surface area contributed by atoms with Crippen molar-refractivity contribution in [3.05, 3.63) is 63.4 Å². The number of hydrogen-bond acceptors (Lipinski definition) is 4. The molecule has 1 saturated heterocycles. The molecule has 24 heavy (non-hydrogen) atoms. The summed E-state index contributed by atoms with van der Waals surface area (Å²) in [6.07, 6.45) is 1.55. The number of nitro benzene ring substituents is 1. The zero-order valence-electron chi connectivity index (χ0n) is 12.8. The van der Waals surface area contributed by atoms with Crippen molar-refractivity contribution in [1.29, 1.82) is 0 Å². The van der Waals surface area contributed by atoms with Gasteiger partial charge in [-0.3, -0.25) is 10.1 Å². The lowest BCUT2D eigenvalue weighted by atomic mass is 10.1. The lowest BCUT2D eigenvalue weighted by molar-refractivity contribution is -0.384. The smallest absolute Gasteiger partial charge is 0.271 e. The van der Waals surface area contributed by atoms with Crippen LogP contribution in [0.25, 0.3) is 0 Å². The molecule has 0 amide bonds. The fourth-order valence-electron chi connectivity index (χ4n) is 2.81. The molecule has 2 aromatic rings. The molecule has 1 aliphatic rings. The van der Waals surface area contributed by atoms with Crippen LogP contribution in [0.15, 0.2) is 42.5 Å². The van der Waals surface area contributed by atoms with Crippen LogP contribution in [0, 0.1) is 15.9 Å². The van der Waals surface area contributed by atoms with Gasteiger partial charge in [0.25, 0.3) is 5.69 Å². The summed E-state index contributed by atoms with van der Waals surface area (Å²) in [6, 6.07) is 10.6. The Morgan fingerprint density at radius 1 is 1.21 bits per heavy atom. The number of halogens is 2. The first kappa shape index (κ1) is 16.5. The lowest BCUT2D eigenvalue weighted by Crippen LogP contribution is -2.38. The molecule has 7 heteroatoms. The maximum atomic E-state index is 13.2. The maximum Gasteiger partial charge on any atom is 0.271 e. The van der Waals surface area contributed by atoms with E-state index in [9.17, 15) is 14.5 Å². The highest BCUT2D eigenvalue weighted by molar-refractivity contribution is 6.33. The highest BCUT2D eigenvalue weighted by Gasteiger charge is 2.23. The Morgan fingerprint density at radius 3 is 2.58 bits per heavy atom. The van der Waals surface area contributed by atoms with Crippen LogP contribution in [0.1, 0.15) is 12.8 Å². The molecule has 3 rings (SSSR count). The van der Waals surface area contributed by atoms with Gasteiger partial charge in [-0.1, -0.05) is 17.7 Å². The van der Waals surface area contributed by atoms with Crippen LogP contribution in [0.3, 0.4) is 0 Å². The summed E-state index contributed by atoms with van der Waals surface area (Å²) in [7, 11) is 0. The van der Waals surface area contributed by atoms with E-state index in [1.807, 2.05) is 0 Å². The second-order valence-electron chi connectivity index (χ2n) is 5.65. The number of non-ortho nitro benzene ring substituents is 1. The summed E-state index contributed by atoms with van der Waals surface area (Å²) in [5.74, 6) is 0.212. The number of rotatable bonds is 4. The van der Waals surface area contributed by atoms with Gasteiger partial charge in [-0.2, -0.15) is 0 Å². The first-order chi connectivity index (χ1) is 11.5. The number of ether oxygens (including phenoxy) is 1. The zero-order valence-corrected chi connectivity index (χ0v) is 13.6. The number of piperidine rings is 1. The minimum Gasteiger partial charge on any atom is -0.490 e. The van der Waals surface area contributed by atoms with Gasteiger partial charge in [0.2, 0.25) is 0 Å². The second-order valence-corrected chi connectivity index (χ2v) is 6.06. The minimum absolute atomic E-state index is 0.0138. The second kappa shape index (κ2) is 7.05. The van der Waals surface area contributed by atoms with Gasteiger partial charge in [0.05, 0.1) is 15.6 Å². The number of anilines is 1. The van der Waals surface area contributed by atoms with Crippen LogP contribution in [-0.4, -0.2) is 24.1 Å². The van der Waals surface area contributed by atoms with E-state index in [-0.39, 0.29) is 17.6 Å². The molecule has 0 spiro atoms. The summed E-state index contributed by atoms with van der Waals surface area (Å²) < 4.78 is 19.0. The quantitative estimate of drug-likeness (QED) is 0.604. The summed E-state index contributed by atoms with van der Waals surface area (Å²) >= 11 is 6.17. The number of nitrogens with zero attached hydrogens (tertiary/aromatic N) is 2. The third-order valence-electron chi connectivity index (χ3n) is 4.02. The molecule has 1 aliphatic heterocycles. The highest BCUT2D eigenvalue weighted by Crippen LogP contribution is 2.32.